The maximum absolute atomic E-state index is 13.0. The summed E-state index contributed by atoms with van der Waals surface area (Å²) < 4.78 is 18.4. The molecule has 5 nitrogen and oxygen atoms in total. The zero-order valence-electron chi connectivity index (χ0n) is 15.5. The van der Waals surface area contributed by atoms with E-state index in [-0.39, 0.29) is 5.82 Å². The molecule has 0 amide bonds. The van der Waals surface area contributed by atoms with Crippen molar-refractivity contribution in [1.29, 1.82) is 0 Å². The lowest BCUT2D eigenvalue weighted by Gasteiger charge is -2.11. The van der Waals surface area contributed by atoms with E-state index in [0.29, 0.717) is 19.0 Å². The maximum atomic E-state index is 13.0. The Hall–Kier alpha value is -3.15. The minimum Gasteiger partial charge on any atom is -0.496 e. The second-order valence-electron chi connectivity index (χ2n) is 6.19. The van der Waals surface area contributed by atoms with E-state index in [1.54, 1.807) is 19.2 Å². The lowest BCUT2D eigenvalue weighted by molar-refractivity contribution is 0.410. The lowest BCUT2D eigenvalue weighted by atomic mass is 10.1. The molecule has 140 valence electrons. The van der Waals surface area contributed by atoms with E-state index in [2.05, 4.69) is 20.6 Å². The number of nitrogens with one attached hydrogen (secondary N) is 2. The van der Waals surface area contributed by atoms with E-state index in [0.717, 1.165) is 34.8 Å². The molecule has 27 heavy (non-hydrogen) atoms. The highest BCUT2D eigenvalue weighted by Gasteiger charge is 2.05. The van der Waals surface area contributed by atoms with Crippen LogP contribution in [-0.4, -0.2) is 23.6 Å². The van der Waals surface area contributed by atoms with Crippen LogP contribution in [0.4, 0.5) is 16.2 Å². The van der Waals surface area contributed by atoms with Crippen molar-refractivity contribution in [1.82, 2.24) is 9.97 Å². The van der Waals surface area contributed by atoms with E-state index in [9.17, 15) is 4.39 Å². The fourth-order valence-corrected chi connectivity index (χ4v) is 2.75. The van der Waals surface area contributed by atoms with Crippen molar-refractivity contribution in [3.63, 3.8) is 0 Å². The average molecular weight is 366 g/mol. The van der Waals surface area contributed by atoms with Crippen molar-refractivity contribution in [2.24, 2.45) is 0 Å². The van der Waals surface area contributed by atoms with Crippen molar-refractivity contribution in [3.05, 3.63) is 77.2 Å². The van der Waals surface area contributed by atoms with Crippen LogP contribution in [0.3, 0.4) is 0 Å². The summed E-state index contributed by atoms with van der Waals surface area (Å²) in [4.78, 5) is 8.93. The van der Waals surface area contributed by atoms with E-state index in [1.807, 2.05) is 37.3 Å². The van der Waals surface area contributed by atoms with Gasteiger partial charge in [-0.05, 0) is 42.7 Å². The Morgan fingerprint density at radius 2 is 1.78 bits per heavy atom. The van der Waals surface area contributed by atoms with E-state index in [1.165, 1.54) is 12.1 Å². The number of halogens is 1. The maximum Gasteiger partial charge on any atom is 0.224 e. The molecule has 0 unspecified atom stereocenters. The summed E-state index contributed by atoms with van der Waals surface area (Å²) in [6.45, 7) is 3.19. The van der Waals surface area contributed by atoms with Crippen molar-refractivity contribution in [2.75, 3.05) is 24.3 Å². The normalized spacial score (nSPS) is 10.5. The molecule has 0 radical (unpaired) electrons. The molecular weight excluding hydrogens is 343 g/mol. The molecule has 0 aliphatic carbocycles. The summed E-state index contributed by atoms with van der Waals surface area (Å²) in [7, 11) is 1.68. The number of rotatable bonds is 8. The van der Waals surface area contributed by atoms with Crippen LogP contribution in [0.15, 0.2) is 54.6 Å². The first kappa shape index (κ1) is 18.6. The Kier molecular flexibility index (Phi) is 6.20. The van der Waals surface area contributed by atoms with Gasteiger partial charge in [-0.1, -0.05) is 30.3 Å². The van der Waals surface area contributed by atoms with Gasteiger partial charge in [0.2, 0.25) is 5.95 Å². The van der Waals surface area contributed by atoms with E-state index < -0.39 is 0 Å². The summed E-state index contributed by atoms with van der Waals surface area (Å²) in [6.07, 6.45) is 0.805. The van der Waals surface area contributed by atoms with Crippen LogP contribution in [0.2, 0.25) is 0 Å². The zero-order valence-corrected chi connectivity index (χ0v) is 15.5. The number of anilines is 2. The van der Waals surface area contributed by atoms with Crippen LogP contribution in [0.1, 0.15) is 16.8 Å². The van der Waals surface area contributed by atoms with Crippen molar-refractivity contribution < 1.29 is 9.13 Å². The number of aromatic nitrogens is 2. The van der Waals surface area contributed by atoms with Gasteiger partial charge in [0.15, 0.2) is 0 Å². The summed E-state index contributed by atoms with van der Waals surface area (Å²) in [5.74, 6) is 1.95. The monoisotopic (exact) mass is 366 g/mol. The van der Waals surface area contributed by atoms with Gasteiger partial charge in [0.05, 0.1) is 7.11 Å². The predicted octanol–water partition coefficient (Wildman–Crippen LogP) is 4.20. The molecule has 2 aromatic carbocycles. The number of hydrogen-bond donors (Lipinski definition) is 2. The lowest BCUT2D eigenvalue weighted by Crippen LogP contribution is -2.11. The van der Waals surface area contributed by atoms with Gasteiger partial charge in [-0.3, -0.25) is 0 Å². The molecular formula is C21H23FN4O. The van der Waals surface area contributed by atoms with Crippen LogP contribution in [-0.2, 0) is 13.0 Å². The van der Waals surface area contributed by atoms with E-state index in [4.69, 9.17) is 4.74 Å². The molecule has 0 aliphatic heterocycles. The quantitative estimate of drug-likeness (QED) is 0.626. The molecule has 0 saturated carbocycles. The van der Waals surface area contributed by atoms with Gasteiger partial charge in [-0.25, -0.2) is 9.37 Å². The molecule has 0 aliphatic rings. The van der Waals surface area contributed by atoms with E-state index >= 15 is 0 Å². The Morgan fingerprint density at radius 3 is 2.56 bits per heavy atom. The number of benzene rings is 2. The second kappa shape index (κ2) is 8.98. The van der Waals surface area contributed by atoms with Gasteiger partial charge in [0.25, 0.3) is 0 Å². The van der Waals surface area contributed by atoms with Gasteiger partial charge in [-0.15, -0.1) is 0 Å². The van der Waals surface area contributed by atoms with Crippen molar-refractivity contribution in [2.45, 2.75) is 19.9 Å². The third-order valence-corrected chi connectivity index (χ3v) is 4.11. The van der Waals surface area contributed by atoms with Gasteiger partial charge in [-0.2, -0.15) is 4.98 Å². The van der Waals surface area contributed by atoms with Crippen LogP contribution in [0.5, 0.6) is 5.75 Å². The molecule has 6 heteroatoms. The second-order valence-corrected chi connectivity index (χ2v) is 6.19. The third kappa shape index (κ3) is 5.41. The van der Waals surface area contributed by atoms with Gasteiger partial charge < -0.3 is 15.4 Å². The summed E-state index contributed by atoms with van der Waals surface area (Å²) in [5.41, 5.74) is 2.99. The van der Waals surface area contributed by atoms with Crippen LogP contribution in [0.25, 0.3) is 0 Å². The Bertz CT molecular complexity index is 884. The first-order valence-corrected chi connectivity index (χ1v) is 8.84. The van der Waals surface area contributed by atoms with Gasteiger partial charge >= 0.3 is 0 Å². The van der Waals surface area contributed by atoms with Crippen molar-refractivity contribution in [3.8, 4) is 5.75 Å². The Morgan fingerprint density at radius 1 is 1.00 bits per heavy atom. The highest BCUT2D eigenvalue weighted by molar-refractivity contribution is 5.43. The Labute approximate surface area is 158 Å². The first-order valence-electron chi connectivity index (χ1n) is 8.84. The highest BCUT2D eigenvalue weighted by atomic mass is 19.1. The Balaban J connectivity index is 1.58. The molecule has 3 aromatic rings. The number of methoxy groups -OCH3 is 1. The molecule has 0 fully saturated rings. The summed E-state index contributed by atoms with van der Waals surface area (Å²) >= 11 is 0. The fraction of sp³-hybridized carbons (Fsp3) is 0.238. The fourth-order valence-electron chi connectivity index (χ4n) is 2.75. The van der Waals surface area contributed by atoms with Gasteiger partial charge in [0, 0.05) is 24.8 Å². The molecule has 0 spiro atoms. The molecule has 0 atom stereocenters. The number of para-hydroxylation sites is 1. The number of aryl methyl sites for hydroxylation is 1. The largest absolute Gasteiger partial charge is 0.496 e. The summed E-state index contributed by atoms with van der Waals surface area (Å²) in [5, 5.41) is 6.52. The molecule has 1 heterocycles. The first-order chi connectivity index (χ1) is 13.1. The van der Waals surface area contributed by atoms with Crippen LogP contribution < -0.4 is 15.4 Å². The van der Waals surface area contributed by atoms with Crippen molar-refractivity contribution >= 4 is 11.8 Å². The smallest absolute Gasteiger partial charge is 0.224 e. The average Bonchev–Trinajstić information content (AvgIpc) is 2.67. The summed E-state index contributed by atoms with van der Waals surface area (Å²) in [6, 6.07) is 16.3. The third-order valence-electron chi connectivity index (χ3n) is 4.11. The number of hydrogen-bond acceptors (Lipinski definition) is 5. The van der Waals surface area contributed by atoms with Gasteiger partial charge in [0.1, 0.15) is 17.4 Å². The zero-order chi connectivity index (χ0) is 19.1. The standard InChI is InChI=1S/C21H23FN4O/c1-15-13-20(24-14-16-7-9-18(22)10-8-16)26-21(25-15)23-12-11-17-5-3-4-6-19(17)27-2/h3-10,13H,11-12,14H2,1-2H3,(H2,23,24,25,26). The minimum atomic E-state index is -0.238. The predicted molar refractivity (Wildman–Crippen MR) is 106 cm³/mol. The molecule has 0 saturated heterocycles. The number of ether oxygens (including phenoxy) is 1. The van der Waals surface area contributed by atoms with Crippen LogP contribution >= 0.6 is 0 Å². The number of nitrogens with zero attached hydrogens (tertiary/aromatic N) is 2. The minimum absolute atomic E-state index is 0.238. The topological polar surface area (TPSA) is 59.1 Å². The SMILES string of the molecule is COc1ccccc1CCNc1nc(C)cc(NCc2ccc(F)cc2)n1. The molecule has 1 aromatic heterocycles. The molecule has 3 rings (SSSR count). The van der Waals surface area contributed by atoms with Crippen LogP contribution in [0, 0.1) is 12.7 Å². The molecule has 0 bridgehead atoms. The molecule has 2 N–H and O–H groups in total. The highest BCUT2D eigenvalue weighted by Crippen LogP contribution is 2.18.